The monoisotopic (exact) mass is 246 g/mol. The zero-order valence-electron chi connectivity index (χ0n) is 10.7. The van der Waals surface area contributed by atoms with Gasteiger partial charge in [0.2, 0.25) is 0 Å². The van der Waals surface area contributed by atoms with Gasteiger partial charge in [0, 0.05) is 19.8 Å². The van der Waals surface area contributed by atoms with E-state index in [0.29, 0.717) is 5.69 Å². The third-order valence-corrected chi connectivity index (χ3v) is 2.81. The predicted octanol–water partition coefficient (Wildman–Crippen LogP) is 1.61. The van der Waals surface area contributed by atoms with E-state index in [2.05, 4.69) is 10.00 Å². The van der Waals surface area contributed by atoms with Gasteiger partial charge in [-0.1, -0.05) is 12.1 Å². The minimum absolute atomic E-state index is 0.690. The highest BCUT2D eigenvalue weighted by Crippen LogP contribution is 2.26. The van der Waals surface area contributed by atoms with Crippen molar-refractivity contribution in [1.82, 2.24) is 9.78 Å². The van der Waals surface area contributed by atoms with Crippen molar-refractivity contribution in [2.45, 2.75) is 6.54 Å². The molecule has 1 aromatic heterocycles. The lowest BCUT2D eigenvalue weighted by molar-refractivity contribution is 0.414. The summed E-state index contributed by atoms with van der Waals surface area (Å²) in [6.07, 6.45) is 3.49. The van der Waals surface area contributed by atoms with Gasteiger partial charge in [-0.15, -0.1) is 0 Å². The quantitative estimate of drug-likeness (QED) is 0.870. The van der Waals surface area contributed by atoms with Crippen LogP contribution >= 0.6 is 0 Å². The van der Waals surface area contributed by atoms with Gasteiger partial charge in [0.1, 0.15) is 5.75 Å². The molecule has 0 unspecified atom stereocenters. The van der Waals surface area contributed by atoms with E-state index < -0.39 is 0 Å². The van der Waals surface area contributed by atoms with Crippen molar-refractivity contribution in [1.29, 1.82) is 0 Å². The van der Waals surface area contributed by atoms with Gasteiger partial charge in [-0.25, -0.2) is 0 Å². The normalized spacial score (nSPS) is 10.3. The Morgan fingerprint density at radius 3 is 2.83 bits per heavy atom. The first kappa shape index (κ1) is 12.3. The zero-order valence-corrected chi connectivity index (χ0v) is 10.7. The van der Waals surface area contributed by atoms with Gasteiger partial charge in [0.15, 0.2) is 0 Å². The third kappa shape index (κ3) is 2.74. The maximum absolute atomic E-state index is 5.62. The summed E-state index contributed by atoms with van der Waals surface area (Å²) in [4.78, 5) is 2.14. The van der Waals surface area contributed by atoms with Crippen LogP contribution in [0.3, 0.4) is 0 Å². The van der Waals surface area contributed by atoms with E-state index in [1.165, 1.54) is 0 Å². The van der Waals surface area contributed by atoms with E-state index in [1.807, 2.05) is 42.2 Å². The average molecular weight is 246 g/mol. The molecule has 5 nitrogen and oxygen atoms in total. The standard InChI is InChI=1S/C13H18N4O/c1-16(7-8-17-10-11(14)9-15-17)12-5-3-4-6-13(12)18-2/h3-6,9-10H,7-8,14H2,1-2H3. The maximum atomic E-state index is 5.62. The molecule has 0 bridgehead atoms. The van der Waals surface area contributed by atoms with Crippen molar-refractivity contribution >= 4 is 11.4 Å². The number of hydrogen-bond acceptors (Lipinski definition) is 4. The molecule has 0 saturated heterocycles. The first-order chi connectivity index (χ1) is 8.70. The molecule has 5 heteroatoms. The minimum atomic E-state index is 0.690. The van der Waals surface area contributed by atoms with Gasteiger partial charge in [0.05, 0.1) is 31.2 Å². The number of rotatable bonds is 5. The average Bonchev–Trinajstić information content (AvgIpc) is 2.81. The van der Waals surface area contributed by atoms with Crippen LogP contribution < -0.4 is 15.4 Å². The van der Waals surface area contributed by atoms with E-state index in [4.69, 9.17) is 10.5 Å². The molecule has 2 rings (SSSR count). The van der Waals surface area contributed by atoms with Crippen LogP contribution in [0.15, 0.2) is 36.7 Å². The van der Waals surface area contributed by atoms with Crippen LogP contribution in [-0.4, -0.2) is 30.5 Å². The first-order valence-corrected chi connectivity index (χ1v) is 5.83. The van der Waals surface area contributed by atoms with Gasteiger partial charge in [-0.3, -0.25) is 4.68 Å². The second kappa shape index (κ2) is 5.44. The van der Waals surface area contributed by atoms with Crippen molar-refractivity contribution < 1.29 is 4.74 Å². The fraction of sp³-hybridized carbons (Fsp3) is 0.308. The van der Waals surface area contributed by atoms with Crippen LogP contribution in [0, 0.1) is 0 Å². The van der Waals surface area contributed by atoms with Gasteiger partial charge in [-0.2, -0.15) is 5.10 Å². The number of nitrogen functional groups attached to an aromatic ring is 1. The highest BCUT2D eigenvalue weighted by atomic mass is 16.5. The SMILES string of the molecule is COc1ccccc1N(C)CCn1cc(N)cn1. The predicted molar refractivity (Wildman–Crippen MR) is 72.9 cm³/mol. The summed E-state index contributed by atoms with van der Waals surface area (Å²) >= 11 is 0. The van der Waals surface area contributed by atoms with Gasteiger partial charge in [-0.05, 0) is 12.1 Å². The number of ether oxygens (including phenoxy) is 1. The van der Waals surface area contributed by atoms with E-state index in [1.54, 1.807) is 13.3 Å². The molecule has 0 fully saturated rings. The molecule has 18 heavy (non-hydrogen) atoms. The number of benzene rings is 1. The van der Waals surface area contributed by atoms with E-state index in [0.717, 1.165) is 24.5 Å². The minimum Gasteiger partial charge on any atom is -0.495 e. The number of nitrogens with zero attached hydrogens (tertiary/aromatic N) is 3. The van der Waals surface area contributed by atoms with Crippen LogP contribution in [0.1, 0.15) is 0 Å². The molecule has 0 atom stereocenters. The van der Waals surface area contributed by atoms with Crippen molar-refractivity contribution in [3.05, 3.63) is 36.7 Å². The lowest BCUT2D eigenvalue weighted by Crippen LogP contribution is -2.23. The zero-order chi connectivity index (χ0) is 13.0. The summed E-state index contributed by atoms with van der Waals surface area (Å²) in [5.41, 5.74) is 7.38. The first-order valence-electron chi connectivity index (χ1n) is 5.83. The smallest absolute Gasteiger partial charge is 0.142 e. The van der Waals surface area contributed by atoms with Crippen LogP contribution in [-0.2, 0) is 6.54 Å². The van der Waals surface area contributed by atoms with E-state index >= 15 is 0 Å². The number of hydrogen-bond donors (Lipinski definition) is 1. The number of aromatic nitrogens is 2. The van der Waals surface area contributed by atoms with Crippen molar-refractivity contribution in [3.8, 4) is 5.75 Å². The Labute approximate surface area is 107 Å². The van der Waals surface area contributed by atoms with Crippen LogP contribution in [0.4, 0.5) is 11.4 Å². The molecule has 0 spiro atoms. The summed E-state index contributed by atoms with van der Waals surface area (Å²) in [7, 11) is 3.71. The van der Waals surface area contributed by atoms with Gasteiger partial charge >= 0.3 is 0 Å². The van der Waals surface area contributed by atoms with Crippen molar-refractivity contribution in [2.24, 2.45) is 0 Å². The van der Waals surface area contributed by atoms with Gasteiger partial charge < -0.3 is 15.4 Å². The molecule has 2 N–H and O–H groups in total. The molecule has 0 aliphatic heterocycles. The molecule has 1 aromatic carbocycles. The highest BCUT2D eigenvalue weighted by molar-refractivity contribution is 5.57. The number of methoxy groups -OCH3 is 1. The summed E-state index contributed by atoms with van der Waals surface area (Å²) in [5, 5.41) is 4.16. The molecule has 96 valence electrons. The highest BCUT2D eigenvalue weighted by Gasteiger charge is 2.07. The Morgan fingerprint density at radius 2 is 2.17 bits per heavy atom. The Morgan fingerprint density at radius 1 is 1.39 bits per heavy atom. The second-order valence-electron chi connectivity index (χ2n) is 4.13. The fourth-order valence-corrected chi connectivity index (χ4v) is 1.82. The summed E-state index contributed by atoms with van der Waals surface area (Å²) in [6, 6.07) is 7.96. The van der Waals surface area contributed by atoms with Crippen molar-refractivity contribution in [2.75, 3.05) is 31.3 Å². The molecule has 0 amide bonds. The lowest BCUT2D eigenvalue weighted by atomic mass is 10.2. The molecule has 2 aromatic rings. The Bertz CT molecular complexity index is 509. The molecule has 0 saturated carbocycles. The number of para-hydroxylation sites is 2. The maximum Gasteiger partial charge on any atom is 0.142 e. The number of likely N-dealkylation sites (N-methyl/N-ethyl adjacent to an activating group) is 1. The van der Waals surface area contributed by atoms with Crippen molar-refractivity contribution in [3.63, 3.8) is 0 Å². The molecule has 0 aliphatic rings. The molecule has 0 radical (unpaired) electrons. The van der Waals surface area contributed by atoms with Crippen LogP contribution in [0.2, 0.25) is 0 Å². The molecule has 1 heterocycles. The Balaban J connectivity index is 2.01. The lowest BCUT2D eigenvalue weighted by Gasteiger charge is -2.21. The molecule has 0 aliphatic carbocycles. The topological polar surface area (TPSA) is 56.3 Å². The largest absolute Gasteiger partial charge is 0.495 e. The number of anilines is 2. The molecular formula is C13H18N4O. The summed E-state index contributed by atoms with van der Waals surface area (Å²) in [5.74, 6) is 0.875. The molecular weight excluding hydrogens is 228 g/mol. The van der Waals surface area contributed by atoms with Gasteiger partial charge in [0.25, 0.3) is 0 Å². The second-order valence-corrected chi connectivity index (χ2v) is 4.13. The summed E-state index contributed by atoms with van der Waals surface area (Å²) in [6.45, 7) is 1.62. The van der Waals surface area contributed by atoms with Crippen LogP contribution in [0.5, 0.6) is 5.75 Å². The van der Waals surface area contributed by atoms with E-state index in [9.17, 15) is 0 Å². The third-order valence-electron chi connectivity index (χ3n) is 2.81. The fourth-order valence-electron chi connectivity index (χ4n) is 1.82. The summed E-state index contributed by atoms with van der Waals surface area (Å²) < 4.78 is 7.17. The van der Waals surface area contributed by atoms with Crippen LogP contribution in [0.25, 0.3) is 0 Å². The van der Waals surface area contributed by atoms with E-state index in [-0.39, 0.29) is 0 Å². The Kier molecular flexibility index (Phi) is 3.72. The number of nitrogens with two attached hydrogens (primary N) is 1. The Hall–Kier alpha value is -2.17.